The second-order valence-corrected chi connectivity index (χ2v) is 8.06. The lowest BCUT2D eigenvalue weighted by Crippen LogP contribution is -2.47. The molecule has 0 radical (unpaired) electrons. The third-order valence-electron chi connectivity index (χ3n) is 5.15. The second-order valence-electron chi connectivity index (χ2n) is 7.68. The molecule has 8 nitrogen and oxygen atoms in total. The Bertz CT molecular complexity index is 986. The SMILES string of the molecule is CC(C)C(C)c1c(C#N)c(Cl)c2cnc(N)nn12.O=C(N1CCCC(O)C1)C(F)(F)F. The highest BCUT2D eigenvalue weighted by Crippen LogP contribution is 2.34. The summed E-state index contributed by atoms with van der Waals surface area (Å²) in [5, 5.41) is 22.9. The van der Waals surface area contributed by atoms with Crippen molar-refractivity contribution in [1.29, 1.82) is 5.26 Å². The summed E-state index contributed by atoms with van der Waals surface area (Å²) in [5.41, 5.74) is 7.47. The highest BCUT2D eigenvalue weighted by Gasteiger charge is 2.43. The van der Waals surface area contributed by atoms with E-state index < -0.39 is 18.2 Å². The number of hydrogen-bond donors (Lipinski definition) is 2. The van der Waals surface area contributed by atoms with Gasteiger partial charge in [0.15, 0.2) is 0 Å². The summed E-state index contributed by atoms with van der Waals surface area (Å²) in [5.74, 6) is -1.18. The number of aliphatic hydroxyl groups excluding tert-OH is 1. The van der Waals surface area contributed by atoms with Crippen LogP contribution in [0.1, 0.15) is 50.8 Å². The molecule has 0 aliphatic carbocycles. The second kappa shape index (κ2) is 9.70. The van der Waals surface area contributed by atoms with E-state index in [0.717, 1.165) is 5.69 Å². The van der Waals surface area contributed by atoms with Gasteiger partial charge in [-0.3, -0.25) is 4.79 Å². The first-order chi connectivity index (χ1) is 14.4. The van der Waals surface area contributed by atoms with E-state index in [0.29, 0.717) is 39.8 Å². The predicted molar refractivity (Wildman–Crippen MR) is 108 cm³/mol. The van der Waals surface area contributed by atoms with Crippen LogP contribution >= 0.6 is 11.6 Å². The van der Waals surface area contributed by atoms with Gasteiger partial charge in [0.05, 0.1) is 28.6 Å². The molecular formula is C19H24ClF3N6O2. The van der Waals surface area contributed by atoms with Crippen LogP contribution in [-0.4, -0.2) is 55.9 Å². The molecule has 2 aromatic rings. The van der Waals surface area contributed by atoms with Crippen LogP contribution in [0.4, 0.5) is 19.1 Å². The Morgan fingerprint density at radius 2 is 2.06 bits per heavy atom. The Morgan fingerprint density at radius 3 is 2.58 bits per heavy atom. The Labute approximate surface area is 182 Å². The minimum Gasteiger partial charge on any atom is -0.391 e. The number of nitriles is 1. The third kappa shape index (κ3) is 5.57. The normalized spacial score (nSPS) is 17.8. The number of carbonyl (C=O) groups excluding carboxylic acids is 1. The van der Waals surface area contributed by atoms with Crippen LogP contribution in [0.3, 0.4) is 0 Å². The van der Waals surface area contributed by atoms with Crippen LogP contribution in [0.25, 0.3) is 5.52 Å². The highest BCUT2D eigenvalue weighted by molar-refractivity contribution is 6.35. The van der Waals surface area contributed by atoms with E-state index in [2.05, 4.69) is 30.0 Å². The lowest BCUT2D eigenvalue weighted by Gasteiger charge is -2.30. The molecule has 12 heteroatoms. The Morgan fingerprint density at radius 1 is 1.42 bits per heavy atom. The first-order valence-corrected chi connectivity index (χ1v) is 10.0. The van der Waals surface area contributed by atoms with Gasteiger partial charge in [-0.25, -0.2) is 9.50 Å². The molecule has 0 saturated carbocycles. The third-order valence-corrected chi connectivity index (χ3v) is 5.53. The Balaban J connectivity index is 0.000000233. The monoisotopic (exact) mass is 460 g/mol. The number of anilines is 1. The molecule has 1 aliphatic heterocycles. The molecule has 2 unspecified atom stereocenters. The largest absolute Gasteiger partial charge is 0.471 e. The topological polar surface area (TPSA) is 121 Å². The van der Waals surface area contributed by atoms with Crippen LogP contribution in [0.5, 0.6) is 0 Å². The lowest BCUT2D eigenvalue weighted by atomic mass is 9.93. The number of fused-ring (bicyclic) bond motifs is 1. The van der Waals surface area contributed by atoms with Gasteiger partial charge in [-0.05, 0) is 18.8 Å². The summed E-state index contributed by atoms with van der Waals surface area (Å²) in [4.78, 5) is 15.2. The van der Waals surface area contributed by atoms with Crippen molar-refractivity contribution in [2.45, 2.75) is 51.8 Å². The van der Waals surface area contributed by atoms with E-state index in [1.54, 1.807) is 10.7 Å². The van der Waals surface area contributed by atoms with E-state index in [1.807, 2.05) is 6.92 Å². The zero-order chi connectivity index (χ0) is 23.5. The summed E-state index contributed by atoms with van der Waals surface area (Å²) in [6.45, 7) is 6.09. The molecule has 1 saturated heterocycles. The Kier molecular flexibility index (Phi) is 7.72. The van der Waals surface area contributed by atoms with Crippen LogP contribution in [0.15, 0.2) is 6.20 Å². The molecule has 1 amide bonds. The average Bonchev–Trinajstić information content (AvgIpc) is 2.97. The number of alkyl halides is 3. The number of piperidine rings is 1. The average molecular weight is 461 g/mol. The summed E-state index contributed by atoms with van der Waals surface area (Å²) in [6, 6.07) is 2.15. The van der Waals surface area contributed by atoms with E-state index >= 15 is 0 Å². The van der Waals surface area contributed by atoms with E-state index in [1.165, 1.54) is 0 Å². The summed E-state index contributed by atoms with van der Waals surface area (Å²) in [7, 11) is 0. The van der Waals surface area contributed by atoms with E-state index in [9.17, 15) is 23.2 Å². The maximum absolute atomic E-state index is 11.9. The number of aliphatic hydroxyl groups is 1. The quantitative estimate of drug-likeness (QED) is 0.710. The van der Waals surface area contributed by atoms with Gasteiger partial charge in [0.1, 0.15) is 11.6 Å². The Hall–Kier alpha value is -2.58. The summed E-state index contributed by atoms with van der Waals surface area (Å²) < 4.78 is 37.3. The van der Waals surface area contributed by atoms with Gasteiger partial charge in [-0.15, -0.1) is 5.10 Å². The van der Waals surface area contributed by atoms with Crippen LogP contribution < -0.4 is 5.73 Å². The molecular weight excluding hydrogens is 437 g/mol. The molecule has 170 valence electrons. The fourth-order valence-corrected chi connectivity index (χ4v) is 3.47. The van der Waals surface area contributed by atoms with Crippen molar-refractivity contribution in [3.8, 4) is 6.07 Å². The molecule has 3 rings (SSSR count). The van der Waals surface area contributed by atoms with Gasteiger partial charge in [0, 0.05) is 19.0 Å². The minimum absolute atomic E-state index is 0.0788. The van der Waals surface area contributed by atoms with Gasteiger partial charge in [0.25, 0.3) is 0 Å². The van der Waals surface area contributed by atoms with Gasteiger partial charge in [-0.2, -0.15) is 18.4 Å². The number of hydrogen-bond acceptors (Lipinski definition) is 6. The molecule has 31 heavy (non-hydrogen) atoms. The van der Waals surface area contributed by atoms with E-state index in [4.69, 9.17) is 22.4 Å². The number of β-amino-alcohol motifs (C(OH)–C–C–N with tert-alkyl or cyclic N) is 1. The van der Waals surface area contributed by atoms with Gasteiger partial charge in [-0.1, -0.05) is 32.4 Å². The van der Waals surface area contributed by atoms with Gasteiger partial charge < -0.3 is 15.7 Å². The smallest absolute Gasteiger partial charge is 0.391 e. The summed E-state index contributed by atoms with van der Waals surface area (Å²) >= 11 is 6.20. The fourth-order valence-electron chi connectivity index (χ4n) is 3.20. The maximum Gasteiger partial charge on any atom is 0.471 e. The standard InChI is InChI=1S/C12H14ClN5.C7H10F3NO2/c1-6(2)7(3)11-8(4-14)10(13)9-5-16-12(15)17-18(9)11;8-7(9,10)6(13)11-3-1-2-5(12)4-11/h5-7H,1-3H3,(H2,15,17);5,12H,1-4H2. The zero-order valence-corrected chi connectivity index (χ0v) is 18.1. The van der Waals surface area contributed by atoms with Gasteiger partial charge >= 0.3 is 12.1 Å². The minimum atomic E-state index is -4.82. The number of nitrogen functional groups attached to an aromatic ring is 1. The highest BCUT2D eigenvalue weighted by atomic mass is 35.5. The molecule has 1 fully saturated rings. The lowest BCUT2D eigenvalue weighted by molar-refractivity contribution is -0.188. The van der Waals surface area contributed by atoms with Crippen molar-refractivity contribution in [3.05, 3.63) is 22.5 Å². The fraction of sp³-hybridized carbons (Fsp3) is 0.579. The van der Waals surface area contributed by atoms with Crippen molar-refractivity contribution in [3.63, 3.8) is 0 Å². The number of halogens is 4. The summed E-state index contributed by atoms with van der Waals surface area (Å²) in [6.07, 6.45) is -3.22. The number of aromatic nitrogens is 3. The van der Waals surface area contributed by atoms with Crippen LogP contribution in [0, 0.1) is 17.2 Å². The molecule has 3 N–H and O–H groups in total. The maximum atomic E-state index is 11.9. The van der Waals surface area contributed by atoms with Crippen molar-refractivity contribution in [2.24, 2.45) is 5.92 Å². The number of amides is 1. The molecule has 3 heterocycles. The van der Waals surface area contributed by atoms with Crippen molar-refractivity contribution < 1.29 is 23.1 Å². The van der Waals surface area contributed by atoms with Crippen molar-refractivity contribution in [1.82, 2.24) is 19.5 Å². The predicted octanol–water partition coefficient (Wildman–Crippen LogP) is 3.13. The number of likely N-dealkylation sites (tertiary alicyclic amines) is 1. The van der Waals surface area contributed by atoms with Crippen molar-refractivity contribution in [2.75, 3.05) is 18.8 Å². The van der Waals surface area contributed by atoms with Gasteiger partial charge in [0.2, 0.25) is 5.95 Å². The zero-order valence-electron chi connectivity index (χ0n) is 17.3. The first-order valence-electron chi connectivity index (χ1n) is 9.65. The van der Waals surface area contributed by atoms with E-state index in [-0.39, 0.29) is 25.0 Å². The first kappa shape index (κ1) is 24.7. The molecule has 0 bridgehead atoms. The molecule has 1 aliphatic rings. The van der Waals surface area contributed by atoms with Crippen LogP contribution in [0.2, 0.25) is 5.02 Å². The molecule has 2 atom stereocenters. The number of rotatable bonds is 2. The number of nitrogens with two attached hydrogens (primary N) is 1. The molecule has 2 aromatic heterocycles. The van der Waals surface area contributed by atoms with Crippen molar-refractivity contribution >= 4 is 29.0 Å². The molecule has 0 spiro atoms. The number of nitrogens with zero attached hydrogens (tertiary/aromatic N) is 5. The molecule has 0 aromatic carbocycles. The van der Waals surface area contributed by atoms with Crippen LogP contribution in [-0.2, 0) is 4.79 Å². The number of carbonyl (C=O) groups is 1.